The molecule has 1 saturated carbocycles. The lowest BCUT2D eigenvalue weighted by Gasteiger charge is -2.30. The van der Waals surface area contributed by atoms with Crippen molar-refractivity contribution in [3.8, 4) is 0 Å². The molecule has 0 amide bonds. The molecule has 2 N–H and O–H groups in total. The fraction of sp³-hybridized carbons (Fsp3) is 0.588. The van der Waals surface area contributed by atoms with Gasteiger partial charge in [-0.15, -0.1) is 0 Å². The van der Waals surface area contributed by atoms with Crippen molar-refractivity contribution in [3.05, 3.63) is 29.8 Å². The fourth-order valence-corrected chi connectivity index (χ4v) is 3.02. The van der Waals surface area contributed by atoms with E-state index in [2.05, 4.69) is 5.32 Å². The minimum absolute atomic E-state index is 0.184. The highest BCUT2D eigenvalue weighted by Gasteiger charge is 2.23. The third kappa shape index (κ3) is 3.83. The fourth-order valence-electron chi connectivity index (χ4n) is 3.02. The van der Waals surface area contributed by atoms with Crippen molar-refractivity contribution in [1.82, 2.24) is 0 Å². The number of nitrogens with one attached hydrogen (secondary N) is 1. The van der Waals surface area contributed by atoms with Crippen LogP contribution in [0.1, 0.15) is 49.4 Å². The number of carbonyl (C=O) groups is 1. The number of aliphatic hydroxyl groups is 1. The molecule has 0 heterocycles. The largest absolute Gasteiger partial charge is 0.396 e. The molecular weight excluding hydrogens is 250 g/mol. The molecule has 1 aliphatic carbocycles. The Morgan fingerprint density at radius 2 is 1.85 bits per heavy atom. The highest BCUT2D eigenvalue weighted by atomic mass is 16.3. The normalized spacial score (nSPS) is 22.5. The highest BCUT2D eigenvalue weighted by Crippen LogP contribution is 2.29. The first-order valence-electron chi connectivity index (χ1n) is 7.72. The van der Waals surface area contributed by atoms with Gasteiger partial charge in [0.05, 0.1) is 0 Å². The van der Waals surface area contributed by atoms with Gasteiger partial charge in [0.2, 0.25) is 0 Å². The van der Waals surface area contributed by atoms with Crippen LogP contribution in [0.2, 0.25) is 0 Å². The Morgan fingerprint density at radius 3 is 2.45 bits per heavy atom. The quantitative estimate of drug-likeness (QED) is 0.781. The molecule has 1 aliphatic rings. The van der Waals surface area contributed by atoms with Crippen LogP contribution in [0.3, 0.4) is 0 Å². The standard InChI is InChI=1S/C17H25NO2/c1-2-17(20)13-7-9-16(10-8-13)18-11-14-5-3-4-6-15(14)12-19/h7-10,14-15,18-19H,2-6,11-12H2,1H3. The lowest BCUT2D eigenvalue weighted by atomic mass is 9.79. The predicted octanol–water partition coefficient (Wildman–Crippen LogP) is 3.49. The summed E-state index contributed by atoms with van der Waals surface area (Å²) in [6.45, 7) is 3.09. The molecule has 1 fully saturated rings. The number of hydrogen-bond acceptors (Lipinski definition) is 3. The van der Waals surface area contributed by atoms with Gasteiger partial charge in [-0.05, 0) is 48.9 Å². The first-order valence-corrected chi connectivity index (χ1v) is 7.72. The van der Waals surface area contributed by atoms with Gasteiger partial charge in [0.25, 0.3) is 0 Å². The van der Waals surface area contributed by atoms with Crippen molar-refractivity contribution < 1.29 is 9.90 Å². The van der Waals surface area contributed by atoms with Gasteiger partial charge in [-0.3, -0.25) is 4.79 Å². The Bertz CT molecular complexity index is 427. The molecule has 0 spiro atoms. The SMILES string of the molecule is CCC(=O)c1ccc(NCC2CCCCC2CO)cc1. The van der Waals surface area contributed by atoms with E-state index >= 15 is 0 Å². The van der Waals surface area contributed by atoms with Crippen LogP contribution >= 0.6 is 0 Å². The third-order valence-corrected chi connectivity index (χ3v) is 4.40. The maximum atomic E-state index is 11.6. The topological polar surface area (TPSA) is 49.3 Å². The summed E-state index contributed by atoms with van der Waals surface area (Å²) in [6.07, 6.45) is 5.41. The molecule has 0 saturated heterocycles. The van der Waals surface area contributed by atoms with Crippen molar-refractivity contribution in [2.45, 2.75) is 39.0 Å². The Labute approximate surface area is 121 Å². The second-order valence-electron chi connectivity index (χ2n) is 5.72. The molecule has 1 aromatic carbocycles. The van der Waals surface area contributed by atoms with Crippen LogP contribution in [-0.2, 0) is 0 Å². The monoisotopic (exact) mass is 275 g/mol. The third-order valence-electron chi connectivity index (χ3n) is 4.40. The van der Waals surface area contributed by atoms with Crippen LogP contribution in [0.4, 0.5) is 5.69 Å². The zero-order valence-corrected chi connectivity index (χ0v) is 12.3. The highest BCUT2D eigenvalue weighted by molar-refractivity contribution is 5.96. The molecule has 0 aromatic heterocycles. The van der Waals surface area contributed by atoms with E-state index in [1.165, 1.54) is 19.3 Å². The van der Waals surface area contributed by atoms with Gasteiger partial charge in [0.1, 0.15) is 0 Å². The summed E-state index contributed by atoms with van der Waals surface area (Å²) in [5.74, 6) is 1.19. The van der Waals surface area contributed by atoms with Crippen molar-refractivity contribution in [1.29, 1.82) is 0 Å². The summed E-state index contributed by atoms with van der Waals surface area (Å²) in [4.78, 5) is 11.6. The molecule has 2 atom stereocenters. The van der Waals surface area contributed by atoms with Gasteiger partial charge >= 0.3 is 0 Å². The van der Waals surface area contributed by atoms with Crippen LogP contribution in [0.25, 0.3) is 0 Å². The van der Waals surface area contributed by atoms with E-state index in [4.69, 9.17) is 0 Å². The molecule has 1 aromatic rings. The van der Waals surface area contributed by atoms with E-state index < -0.39 is 0 Å². The molecule has 110 valence electrons. The minimum Gasteiger partial charge on any atom is -0.396 e. The lowest BCUT2D eigenvalue weighted by Crippen LogP contribution is -2.28. The number of aliphatic hydroxyl groups excluding tert-OH is 1. The van der Waals surface area contributed by atoms with E-state index in [1.54, 1.807) is 0 Å². The molecule has 20 heavy (non-hydrogen) atoms. The van der Waals surface area contributed by atoms with E-state index in [0.717, 1.165) is 24.2 Å². The smallest absolute Gasteiger partial charge is 0.162 e. The van der Waals surface area contributed by atoms with Crippen LogP contribution in [0.15, 0.2) is 24.3 Å². The van der Waals surface area contributed by atoms with Gasteiger partial charge in [-0.2, -0.15) is 0 Å². The number of rotatable bonds is 6. The Balaban J connectivity index is 1.88. The summed E-state index contributed by atoms with van der Waals surface area (Å²) in [5, 5.41) is 12.9. The van der Waals surface area contributed by atoms with E-state index in [0.29, 0.717) is 24.9 Å². The predicted molar refractivity (Wildman–Crippen MR) is 82.1 cm³/mol. The van der Waals surface area contributed by atoms with Gasteiger partial charge in [0, 0.05) is 30.8 Å². The van der Waals surface area contributed by atoms with E-state index in [-0.39, 0.29) is 5.78 Å². The number of Topliss-reactive ketones (excluding diaryl/α,β-unsaturated/α-hetero) is 1. The zero-order chi connectivity index (χ0) is 14.4. The molecule has 2 rings (SSSR count). The number of hydrogen-bond donors (Lipinski definition) is 2. The summed E-state index contributed by atoms with van der Waals surface area (Å²) in [5.41, 5.74) is 1.84. The molecule has 3 heteroatoms. The first kappa shape index (κ1) is 15.0. The zero-order valence-electron chi connectivity index (χ0n) is 12.3. The molecule has 3 nitrogen and oxygen atoms in total. The van der Waals surface area contributed by atoms with Crippen molar-refractivity contribution in [3.63, 3.8) is 0 Å². The molecule has 2 unspecified atom stereocenters. The second-order valence-corrected chi connectivity index (χ2v) is 5.72. The molecule has 0 bridgehead atoms. The van der Waals surface area contributed by atoms with E-state index in [9.17, 15) is 9.90 Å². The molecule has 0 aliphatic heterocycles. The summed E-state index contributed by atoms with van der Waals surface area (Å²) >= 11 is 0. The first-order chi connectivity index (χ1) is 9.74. The molecule has 0 radical (unpaired) electrons. The van der Waals surface area contributed by atoms with Crippen LogP contribution in [-0.4, -0.2) is 24.0 Å². The Hall–Kier alpha value is -1.35. The number of ketones is 1. The van der Waals surface area contributed by atoms with Crippen LogP contribution < -0.4 is 5.32 Å². The number of carbonyl (C=O) groups excluding carboxylic acids is 1. The lowest BCUT2D eigenvalue weighted by molar-refractivity contribution is 0.0988. The summed E-state index contributed by atoms with van der Waals surface area (Å²) in [6, 6.07) is 7.72. The molecular formula is C17H25NO2. The minimum atomic E-state index is 0.184. The van der Waals surface area contributed by atoms with Crippen LogP contribution in [0, 0.1) is 11.8 Å². The van der Waals surface area contributed by atoms with Crippen molar-refractivity contribution >= 4 is 11.5 Å². The summed E-state index contributed by atoms with van der Waals surface area (Å²) in [7, 11) is 0. The maximum Gasteiger partial charge on any atom is 0.162 e. The number of anilines is 1. The van der Waals surface area contributed by atoms with Crippen molar-refractivity contribution in [2.24, 2.45) is 11.8 Å². The van der Waals surface area contributed by atoms with Gasteiger partial charge in [-0.25, -0.2) is 0 Å². The van der Waals surface area contributed by atoms with Gasteiger partial charge in [0.15, 0.2) is 5.78 Å². The average molecular weight is 275 g/mol. The second kappa shape index (κ2) is 7.44. The van der Waals surface area contributed by atoms with E-state index in [1.807, 2.05) is 31.2 Å². The van der Waals surface area contributed by atoms with Gasteiger partial charge < -0.3 is 10.4 Å². The summed E-state index contributed by atoms with van der Waals surface area (Å²) < 4.78 is 0. The maximum absolute atomic E-state index is 11.6. The van der Waals surface area contributed by atoms with Gasteiger partial charge in [-0.1, -0.05) is 19.8 Å². The Kier molecular flexibility index (Phi) is 5.60. The van der Waals surface area contributed by atoms with Crippen molar-refractivity contribution in [2.75, 3.05) is 18.5 Å². The average Bonchev–Trinajstić information content (AvgIpc) is 2.53. The van der Waals surface area contributed by atoms with Crippen LogP contribution in [0.5, 0.6) is 0 Å². The number of benzene rings is 1. The Morgan fingerprint density at radius 1 is 1.20 bits per heavy atom.